The number of benzene rings is 1. The Labute approximate surface area is 115 Å². The van der Waals surface area contributed by atoms with E-state index < -0.39 is 0 Å². The van der Waals surface area contributed by atoms with Crippen LogP contribution in [0.1, 0.15) is 37.7 Å². The Morgan fingerprint density at radius 3 is 2.32 bits per heavy atom. The first-order valence-corrected chi connectivity index (χ1v) is 7.78. The fourth-order valence-electron chi connectivity index (χ4n) is 5.11. The molecule has 0 amide bonds. The Kier molecular flexibility index (Phi) is 2.80. The molecule has 0 unspecified atom stereocenters. The number of nitrogens with one attached hydrogen (secondary N) is 1. The van der Waals surface area contributed by atoms with Gasteiger partial charge in [0.2, 0.25) is 0 Å². The van der Waals surface area contributed by atoms with Gasteiger partial charge in [-0.25, -0.2) is 0 Å². The third-order valence-corrected chi connectivity index (χ3v) is 5.67. The predicted molar refractivity (Wildman–Crippen MR) is 76.8 cm³/mol. The van der Waals surface area contributed by atoms with Crippen molar-refractivity contribution in [1.82, 2.24) is 0 Å². The Balaban J connectivity index is 1.53. The normalized spacial score (nSPS) is 39.5. The van der Waals surface area contributed by atoms with E-state index in [2.05, 4.69) is 17.4 Å². The summed E-state index contributed by atoms with van der Waals surface area (Å²) in [5.74, 6) is 3.86. The summed E-state index contributed by atoms with van der Waals surface area (Å²) < 4.78 is 0. The number of rotatable bonds is 3. The number of aliphatic hydroxyl groups excluding tert-OH is 1. The van der Waals surface area contributed by atoms with Crippen molar-refractivity contribution in [2.24, 2.45) is 23.7 Å². The van der Waals surface area contributed by atoms with Crippen molar-refractivity contribution in [1.29, 1.82) is 0 Å². The van der Waals surface area contributed by atoms with E-state index in [9.17, 15) is 5.11 Å². The zero-order valence-electron chi connectivity index (χ0n) is 11.4. The van der Waals surface area contributed by atoms with E-state index in [4.69, 9.17) is 0 Å². The van der Waals surface area contributed by atoms with Crippen LogP contribution in [-0.4, -0.2) is 11.1 Å². The van der Waals surface area contributed by atoms with Gasteiger partial charge in [-0.2, -0.15) is 0 Å². The molecule has 0 atom stereocenters. The van der Waals surface area contributed by atoms with Gasteiger partial charge >= 0.3 is 0 Å². The zero-order chi connectivity index (χ0) is 12.8. The average Bonchev–Trinajstić information content (AvgIpc) is 2.42. The third kappa shape index (κ3) is 2.06. The summed E-state index contributed by atoms with van der Waals surface area (Å²) >= 11 is 0. The van der Waals surface area contributed by atoms with Crippen LogP contribution in [0.3, 0.4) is 0 Å². The number of aliphatic hydroxyl groups is 1. The lowest BCUT2D eigenvalue weighted by atomic mass is 9.54. The Morgan fingerprint density at radius 1 is 1.00 bits per heavy atom. The van der Waals surface area contributed by atoms with Crippen LogP contribution < -0.4 is 5.32 Å². The molecular weight excluding hydrogens is 234 g/mol. The highest BCUT2D eigenvalue weighted by Crippen LogP contribution is 2.54. The minimum atomic E-state index is 0.136. The van der Waals surface area contributed by atoms with Crippen molar-refractivity contribution in [3.05, 3.63) is 29.8 Å². The second kappa shape index (κ2) is 4.52. The molecular formula is C17H23NO. The highest BCUT2D eigenvalue weighted by molar-refractivity contribution is 5.47. The van der Waals surface area contributed by atoms with Gasteiger partial charge in [-0.15, -0.1) is 0 Å². The Morgan fingerprint density at radius 2 is 1.68 bits per heavy atom. The quantitative estimate of drug-likeness (QED) is 0.869. The number of hydrogen-bond acceptors (Lipinski definition) is 2. The molecule has 0 heterocycles. The molecule has 5 rings (SSSR count). The lowest BCUT2D eigenvalue weighted by Gasteiger charge is -2.54. The largest absolute Gasteiger partial charge is 0.392 e. The van der Waals surface area contributed by atoms with E-state index >= 15 is 0 Å². The van der Waals surface area contributed by atoms with Crippen LogP contribution >= 0.6 is 0 Å². The number of anilines is 1. The van der Waals surface area contributed by atoms with E-state index in [-0.39, 0.29) is 6.61 Å². The molecule has 0 saturated heterocycles. The fraction of sp³-hybridized carbons (Fsp3) is 0.647. The van der Waals surface area contributed by atoms with Crippen LogP contribution in [0.15, 0.2) is 24.3 Å². The van der Waals surface area contributed by atoms with Gasteiger partial charge in [0, 0.05) is 11.7 Å². The second-order valence-corrected chi connectivity index (χ2v) is 6.96. The van der Waals surface area contributed by atoms with Gasteiger partial charge in [0.1, 0.15) is 0 Å². The van der Waals surface area contributed by atoms with Gasteiger partial charge in [0.05, 0.1) is 6.61 Å². The van der Waals surface area contributed by atoms with Gasteiger partial charge in [-0.1, -0.05) is 12.1 Å². The second-order valence-electron chi connectivity index (χ2n) is 6.96. The molecule has 1 aromatic rings. The van der Waals surface area contributed by atoms with Crippen molar-refractivity contribution in [3.63, 3.8) is 0 Å². The Bertz CT molecular complexity index is 442. The third-order valence-electron chi connectivity index (χ3n) is 5.67. The molecule has 1 aromatic carbocycles. The molecule has 4 aliphatic rings. The molecule has 2 N–H and O–H groups in total. The van der Waals surface area contributed by atoms with Crippen molar-refractivity contribution < 1.29 is 5.11 Å². The summed E-state index contributed by atoms with van der Waals surface area (Å²) in [5.41, 5.74) is 2.21. The molecule has 19 heavy (non-hydrogen) atoms. The van der Waals surface area contributed by atoms with E-state index in [1.54, 1.807) is 0 Å². The van der Waals surface area contributed by atoms with Crippen LogP contribution in [0.5, 0.6) is 0 Å². The van der Waals surface area contributed by atoms with Gasteiger partial charge in [-0.3, -0.25) is 0 Å². The van der Waals surface area contributed by atoms with Crippen LogP contribution in [0, 0.1) is 23.7 Å². The summed E-state index contributed by atoms with van der Waals surface area (Å²) in [7, 11) is 0. The lowest BCUT2D eigenvalue weighted by molar-refractivity contribution is 0.00754. The van der Waals surface area contributed by atoms with Crippen LogP contribution in [0.4, 0.5) is 5.69 Å². The minimum absolute atomic E-state index is 0.136. The highest BCUT2D eigenvalue weighted by atomic mass is 16.3. The minimum Gasteiger partial charge on any atom is -0.392 e. The summed E-state index contributed by atoms with van der Waals surface area (Å²) in [6.07, 6.45) is 7.31. The first-order chi connectivity index (χ1) is 9.31. The zero-order valence-corrected chi connectivity index (χ0v) is 11.4. The van der Waals surface area contributed by atoms with Crippen molar-refractivity contribution in [2.75, 3.05) is 5.32 Å². The molecule has 0 aromatic heterocycles. The maximum atomic E-state index is 9.24. The van der Waals surface area contributed by atoms with Gasteiger partial charge < -0.3 is 10.4 Å². The lowest BCUT2D eigenvalue weighted by Crippen LogP contribution is -2.51. The van der Waals surface area contributed by atoms with Crippen molar-refractivity contribution >= 4 is 5.69 Å². The monoisotopic (exact) mass is 257 g/mol. The van der Waals surface area contributed by atoms with Gasteiger partial charge in [-0.05, 0) is 73.5 Å². The van der Waals surface area contributed by atoms with E-state index in [1.807, 2.05) is 12.1 Å². The molecule has 4 saturated carbocycles. The number of hydrogen-bond donors (Lipinski definition) is 2. The molecule has 0 radical (unpaired) electrons. The van der Waals surface area contributed by atoms with E-state index in [1.165, 1.54) is 37.8 Å². The van der Waals surface area contributed by atoms with Crippen molar-refractivity contribution in [3.8, 4) is 0 Å². The van der Waals surface area contributed by atoms with Crippen LogP contribution in [0.25, 0.3) is 0 Å². The Hall–Kier alpha value is -1.02. The van der Waals surface area contributed by atoms with Gasteiger partial charge in [0.25, 0.3) is 0 Å². The van der Waals surface area contributed by atoms with Crippen molar-refractivity contribution in [2.45, 2.75) is 44.8 Å². The molecule has 0 spiro atoms. The molecule has 102 valence electrons. The van der Waals surface area contributed by atoms with Gasteiger partial charge in [0.15, 0.2) is 0 Å². The topological polar surface area (TPSA) is 32.3 Å². The maximum absolute atomic E-state index is 9.24. The summed E-state index contributed by atoms with van der Waals surface area (Å²) in [6, 6.07) is 8.96. The SMILES string of the molecule is OCc1cccc(NC2C3CC4CC(C3)CC2C4)c1. The average molecular weight is 257 g/mol. The smallest absolute Gasteiger partial charge is 0.0682 e. The molecule has 2 nitrogen and oxygen atoms in total. The maximum Gasteiger partial charge on any atom is 0.0682 e. The summed E-state index contributed by atoms with van der Waals surface area (Å²) in [6.45, 7) is 0.136. The molecule has 4 bridgehead atoms. The first-order valence-electron chi connectivity index (χ1n) is 7.78. The summed E-state index contributed by atoms with van der Waals surface area (Å²) in [5, 5.41) is 13.0. The predicted octanol–water partition coefficient (Wildman–Crippen LogP) is 3.42. The highest BCUT2D eigenvalue weighted by Gasteiger charge is 2.48. The standard InChI is InChI=1S/C17H23NO/c19-10-11-2-1-3-16(9-11)18-17-14-5-12-4-13(7-14)8-15(17)6-12/h1-3,9,12-15,17-19H,4-8,10H2. The van der Waals surface area contributed by atoms with Crippen LogP contribution in [-0.2, 0) is 6.61 Å². The molecule has 4 fully saturated rings. The van der Waals surface area contributed by atoms with Crippen LogP contribution in [0.2, 0.25) is 0 Å². The van der Waals surface area contributed by atoms with E-state index in [0.29, 0.717) is 6.04 Å². The molecule has 0 aliphatic heterocycles. The van der Waals surface area contributed by atoms with E-state index in [0.717, 1.165) is 29.2 Å². The molecule has 4 aliphatic carbocycles. The summed E-state index contributed by atoms with van der Waals surface area (Å²) in [4.78, 5) is 0. The fourth-order valence-corrected chi connectivity index (χ4v) is 5.11. The first kappa shape index (κ1) is 11.8. The molecule has 2 heteroatoms.